The Kier molecular flexibility index (Phi) is 7.77. The largest absolute Gasteiger partial charge is 0.481 e. The van der Waals surface area contributed by atoms with Gasteiger partial charge < -0.3 is 10.2 Å². The summed E-state index contributed by atoms with van der Waals surface area (Å²) in [6.45, 7) is 0. The molecule has 0 radical (unpaired) electrons. The summed E-state index contributed by atoms with van der Waals surface area (Å²) < 4.78 is 0. The van der Waals surface area contributed by atoms with E-state index in [2.05, 4.69) is 0 Å². The van der Waals surface area contributed by atoms with Gasteiger partial charge in [0.1, 0.15) is 11.6 Å². The first-order chi connectivity index (χ1) is 10.4. The van der Waals surface area contributed by atoms with Crippen LogP contribution in [0.25, 0.3) is 0 Å². The lowest BCUT2D eigenvalue weighted by atomic mass is 9.86. The molecule has 0 bridgehead atoms. The van der Waals surface area contributed by atoms with E-state index in [0.29, 0.717) is 44.9 Å². The number of rotatable bonds is 11. The lowest BCUT2D eigenvalue weighted by Gasteiger charge is -2.17. The van der Waals surface area contributed by atoms with E-state index >= 15 is 0 Å². The third-order valence-corrected chi connectivity index (χ3v) is 4.30. The Labute approximate surface area is 129 Å². The predicted octanol–water partition coefficient (Wildman–Crippen LogP) is 2.44. The predicted molar refractivity (Wildman–Crippen MR) is 78.4 cm³/mol. The van der Waals surface area contributed by atoms with Gasteiger partial charge in [0.2, 0.25) is 0 Å². The molecule has 2 N–H and O–H groups in total. The fraction of sp³-hybridized carbons (Fsp3) is 0.750. The SMILES string of the molecule is O=C(O)CCCCC(=O)CC[C@H]1CCC(=O)[C@@H]1CCC(=O)O. The van der Waals surface area contributed by atoms with E-state index in [9.17, 15) is 19.2 Å². The van der Waals surface area contributed by atoms with E-state index in [1.54, 1.807) is 0 Å². The Morgan fingerprint density at radius 2 is 1.55 bits per heavy atom. The first-order valence-corrected chi connectivity index (χ1v) is 7.88. The van der Waals surface area contributed by atoms with Gasteiger partial charge in [-0.25, -0.2) is 0 Å². The fourth-order valence-corrected chi connectivity index (χ4v) is 3.07. The van der Waals surface area contributed by atoms with Crippen LogP contribution in [0.15, 0.2) is 0 Å². The maximum atomic E-state index is 11.8. The number of hydrogen-bond acceptors (Lipinski definition) is 4. The van der Waals surface area contributed by atoms with Gasteiger partial charge >= 0.3 is 11.9 Å². The van der Waals surface area contributed by atoms with Gasteiger partial charge in [0.05, 0.1) is 0 Å². The van der Waals surface area contributed by atoms with Gasteiger partial charge in [-0.05, 0) is 38.0 Å². The monoisotopic (exact) mass is 312 g/mol. The van der Waals surface area contributed by atoms with Crippen LogP contribution in [-0.4, -0.2) is 33.7 Å². The number of aliphatic carboxylic acids is 2. The number of hydrogen-bond donors (Lipinski definition) is 2. The third kappa shape index (κ3) is 6.83. The second-order valence-corrected chi connectivity index (χ2v) is 5.98. The van der Waals surface area contributed by atoms with Gasteiger partial charge in [0, 0.05) is 38.0 Å². The van der Waals surface area contributed by atoms with Gasteiger partial charge in [-0.2, -0.15) is 0 Å². The molecule has 0 amide bonds. The summed E-state index contributed by atoms with van der Waals surface area (Å²) in [5.41, 5.74) is 0. The molecule has 1 rings (SSSR count). The van der Waals surface area contributed by atoms with E-state index in [0.717, 1.165) is 6.42 Å². The Morgan fingerprint density at radius 3 is 2.18 bits per heavy atom. The molecule has 2 atom stereocenters. The molecule has 1 fully saturated rings. The number of carbonyl (C=O) groups is 4. The van der Waals surface area contributed by atoms with Gasteiger partial charge in [-0.15, -0.1) is 0 Å². The topological polar surface area (TPSA) is 109 Å². The van der Waals surface area contributed by atoms with E-state index in [4.69, 9.17) is 10.2 Å². The van der Waals surface area contributed by atoms with Crippen LogP contribution in [0.1, 0.15) is 64.2 Å². The van der Waals surface area contributed by atoms with Crippen molar-refractivity contribution in [1.29, 1.82) is 0 Å². The second kappa shape index (κ2) is 9.33. The lowest BCUT2D eigenvalue weighted by molar-refractivity contribution is -0.138. The first kappa shape index (κ1) is 18.3. The van der Waals surface area contributed by atoms with Crippen LogP contribution >= 0.6 is 0 Å². The molecule has 0 aromatic carbocycles. The highest BCUT2D eigenvalue weighted by atomic mass is 16.4. The van der Waals surface area contributed by atoms with Crippen molar-refractivity contribution in [1.82, 2.24) is 0 Å². The lowest BCUT2D eigenvalue weighted by Crippen LogP contribution is -2.17. The van der Waals surface area contributed by atoms with E-state index < -0.39 is 11.9 Å². The summed E-state index contributed by atoms with van der Waals surface area (Å²) >= 11 is 0. The third-order valence-electron chi connectivity index (χ3n) is 4.30. The maximum Gasteiger partial charge on any atom is 0.303 e. The molecule has 6 nitrogen and oxygen atoms in total. The highest BCUT2D eigenvalue weighted by Crippen LogP contribution is 2.35. The average molecular weight is 312 g/mol. The summed E-state index contributed by atoms with van der Waals surface area (Å²) in [4.78, 5) is 44.5. The van der Waals surface area contributed by atoms with Gasteiger partial charge in [0.15, 0.2) is 0 Å². The highest BCUT2D eigenvalue weighted by molar-refractivity contribution is 5.84. The van der Waals surface area contributed by atoms with Crippen LogP contribution in [0, 0.1) is 11.8 Å². The molecule has 0 aromatic heterocycles. The molecule has 0 heterocycles. The molecule has 1 aliphatic carbocycles. The molecule has 6 heteroatoms. The number of Topliss-reactive ketones (excluding diaryl/α,β-unsaturated/α-hetero) is 2. The molecular weight excluding hydrogens is 288 g/mol. The molecule has 124 valence electrons. The van der Waals surface area contributed by atoms with Crippen LogP contribution < -0.4 is 0 Å². The van der Waals surface area contributed by atoms with E-state index in [1.807, 2.05) is 0 Å². The van der Waals surface area contributed by atoms with E-state index in [1.165, 1.54) is 0 Å². The summed E-state index contributed by atoms with van der Waals surface area (Å²) in [6, 6.07) is 0. The molecular formula is C16H24O6. The number of carboxylic acids is 2. The molecule has 22 heavy (non-hydrogen) atoms. The molecule has 0 aromatic rings. The molecule has 0 spiro atoms. The Balaban J connectivity index is 2.26. The van der Waals surface area contributed by atoms with Crippen molar-refractivity contribution in [2.75, 3.05) is 0 Å². The van der Waals surface area contributed by atoms with Crippen molar-refractivity contribution < 1.29 is 29.4 Å². The highest BCUT2D eigenvalue weighted by Gasteiger charge is 2.34. The maximum absolute atomic E-state index is 11.8. The number of unbranched alkanes of at least 4 members (excludes halogenated alkanes) is 1. The van der Waals surface area contributed by atoms with E-state index in [-0.39, 0.29) is 36.2 Å². The molecule has 1 saturated carbocycles. The van der Waals surface area contributed by atoms with Crippen LogP contribution in [-0.2, 0) is 19.2 Å². The zero-order valence-corrected chi connectivity index (χ0v) is 12.8. The van der Waals surface area contributed by atoms with Crippen LogP contribution in [0.4, 0.5) is 0 Å². The van der Waals surface area contributed by atoms with Crippen molar-refractivity contribution in [2.24, 2.45) is 11.8 Å². The van der Waals surface area contributed by atoms with Crippen LogP contribution in [0.2, 0.25) is 0 Å². The summed E-state index contributed by atoms with van der Waals surface area (Å²) in [6.07, 6.45) is 4.18. The van der Waals surface area contributed by atoms with Crippen molar-refractivity contribution >= 4 is 23.5 Å². The standard InChI is InChI=1S/C16H24O6/c17-12(3-1-2-4-15(19)20)7-5-11-6-9-14(18)13(11)8-10-16(21)22/h11,13H,1-10H2,(H,19,20)(H,21,22)/t11-,13+/m0/s1. The van der Waals surface area contributed by atoms with Crippen LogP contribution in [0.3, 0.4) is 0 Å². The normalized spacial score (nSPS) is 21.0. The average Bonchev–Trinajstić information content (AvgIpc) is 2.79. The molecule has 1 aliphatic rings. The molecule has 0 saturated heterocycles. The van der Waals surface area contributed by atoms with Crippen LogP contribution in [0.5, 0.6) is 0 Å². The smallest absolute Gasteiger partial charge is 0.303 e. The first-order valence-electron chi connectivity index (χ1n) is 7.88. The van der Waals surface area contributed by atoms with Crippen molar-refractivity contribution in [3.8, 4) is 0 Å². The number of carbonyl (C=O) groups excluding carboxylic acids is 2. The number of carboxylic acid groups (broad SMARTS) is 2. The summed E-state index contributed by atoms with van der Waals surface area (Å²) in [5, 5.41) is 17.2. The van der Waals surface area contributed by atoms with Crippen molar-refractivity contribution in [3.05, 3.63) is 0 Å². The zero-order valence-electron chi connectivity index (χ0n) is 12.8. The Hall–Kier alpha value is -1.72. The van der Waals surface area contributed by atoms with Gasteiger partial charge in [0.25, 0.3) is 0 Å². The fourth-order valence-electron chi connectivity index (χ4n) is 3.07. The van der Waals surface area contributed by atoms with Crippen molar-refractivity contribution in [3.63, 3.8) is 0 Å². The minimum absolute atomic E-state index is 0.00393. The van der Waals surface area contributed by atoms with Gasteiger partial charge in [-0.3, -0.25) is 19.2 Å². The zero-order chi connectivity index (χ0) is 16.5. The Morgan fingerprint density at radius 1 is 0.909 bits per heavy atom. The summed E-state index contributed by atoms with van der Waals surface area (Å²) in [7, 11) is 0. The number of ketones is 2. The second-order valence-electron chi connectivity index (χ2n) is 5.98. The molecule has 0 unspecified atom stereocenters. The minimum atomic E-state index is -0.895. The van der Waals surface area contributed by atoms with Crippen molar-refractivity contribution in [2.45, 2.75) is 64.2 Å². The minimum Gasteiger partial charge on any atom is -0.481 e. The van der Waals surface area contributed by atoms with Gasteiger partial charge in [-0.1, -0.05) is 0 Å². The summed E-state index contributed by atoms with van der Waals surface area (Å²) in [5.74, 6) is -1.61. The molecule has 0 aliphatic heterocycles. The quantitative estimate of drug-likeness (QED) is 0.567. The Bertz CT molecular complexity index is 428.